The van der Waals surface area contributed by atoms with Gasteiger partial charge in [0.05, 0.1) is 31.2 Å². The minimum Gasteiger partial charge on any atom is -0.468 e. The highest BCUT2D eigenvalue weighted by Crippen LogP contribution is 2.15. The zero-order valence-corrected chi connectivity index (χ0v) is 10.5. The van der Waals surface area contributed by atoms with E-state index in [4.69, 9.17) is 0 Å². The molecule has 0 N–H and O–H groups in total. The summed E-state index contributed by atoms with van der Waals surface area (Å²) in [7, 11) is 2.66. The van der Waals surface area contributed by atoms with Crippen LogP contribution < -0.4 is 0 Å². The summed E-state index contributed by atoms with van der Waals surface area (Å²) in [4.78, 5) is 26.4. The van der Waals surface area contributed by atoms with Crippen LogP contribution in [0, 0.1) is 0 Å². The SMILES string of the molecule is COC(=O)CSCc1ncccc1C(=O)OC. The predicted molar refractivity (Wildman–Crippen MR) is 63.8 cm³/mol. The van der Waals surface area contributed by atoms with Crippen molar-refractivity contribution in [3.05, 3.63) is 29.6 Å². The number of methoxy groups -OCH3 is 2. The van der Waals surface area contributed by atoms with Crippen molar-refractivity contribution in [1.82, 2.24) is 4.98 Å². The molecule has 0 atom stereocenters. The number of esters is 2. The lowest BCUT2D eigenvalue weighted by atomic mass is 10.2. The number of carbonyl (C=O) groups is 2. The molecule has 0 amide bonds. The van der Waals surface area contributed by atoms with Gasteiger partial charge in [-0.2, -0.15) is 0 Å². The van der Waals surface area contributed by atoms with E-state index in [0.717, 1.165) is 0 Å². The highest BCUT2D eigenvalue weighted by Gasteiger charge is 2.12. The van der Waals surface area contributed by atoms with Crippen LogP contribution in [0.4, 0.5) is 0 Å². The topological polar surface area (TPSA) is 65.5 Å². The second-order valence-electron chi connectivity index (χ2n) is 3.06. The van der Waals surface area contributed by atoms with E-state index < -0.39 is 5.97 Å². The van der Waals surface area contributed by atoms with E-state index >= 15 is 0 Å². The molecule has 1 aromatic heterocycles. The Morgan fingerprint density at radius 3 is 2.76 bits per heavy atom. The molecular formula is C11H13NO4S. The van der Waals surface area contributed by atoms with Crippen molar-refractivity contribution in [2.24, 2.45) is 0 Å². The predicted octanol–water partition coefficient (Wildman–Crippen LogP) is 1.27. The summed E-state index contributed by atoms with van der Waals surface area (Å²) >= 11 is 1.34. The zero-order valence-electron chi connectivity index (χ0n) is 9.63. The van der Waals surface area contributed by atoms with Gasteiger partial charge in [0.1, 0.15) is 0 Å². The Bertz CT molecular complexity index is 408. The van der Waals surface area contributed by atoms with Gasteiger partial charge in [0, 0.05) is 11.9 Å². The second-order valence-corrected chi connectivity index (χ2v) is 4.04. The van der Waals surface area contributed by atoms with Crippen LogP contribution in [0.15, 0.2) is 18.3 Å². The van der Waals surface area contributed by atoms with Gasteiger partial charge in [-0.25, -0.2) is 4.79 Å². The molecule has 0 bridgehead atoms. The van der Waals surface area contributed by atoms with E-state index in [-0.39, 0.29) is 11.7 Å². The number of pyridine rings is 1. The van der Waals surface area contributed by atoms with Gasteiger partial charge in [0.15, 0.2) is 0 Å². The van der Waals surface area contributed by atoms with Crippen LogP contribution in [0.2, 0.25) is 0 Å². The lowest BCUT2D eigenvalue weighted by Crippen LogP contribution is -2.08. The first kappa shape index (κ1) is 13.5. The van der Waals surface area contributed by atoms with Gasteiger partial charge in [0.25, 0.3) is 0 Å². The lowest BCUT2D eigenvalue weighted by Gasteiger charge is -2.05. The Labute approximate surface area is 104 Å². The number of hydrogen-bond acceptors (Lipinski definition) is 6. The molecule has 0 saturated heterocycles. The fourth-order valence-corrected chi connectivity index (χ4v) is 1.95. The fourth-order valence-electron chi connectivity index (χ4n) is 1.14. The summed E-state index contributed by atoms with van der Waals surface area (Å²) in [6, 6.07) is 3.31. The second kappa shape index (κ2) is 6.90. The molecule has 92 valence electrons. The van der Waals surface area contributed by atoms with Gasteiger partial charge < -0.3 is 9.47 Å². The third-order valence-electron chi connectivity index (χ3n) is 1.98. The van der Waals surface area contributed by atoms with E-state index in [1.54, 1.807) is 18.3 Å². The van der Waals surface area contributed by atoms with Gasteiger partial charge in [0.2, 0.25) is 0 Å². The van der Waals surface area contributed by atoms with Crippen molar-refractivity contribution < 1.29 is 19.1 Å². The molecule has 0 aliphatic rings. The van der Waals surface area contributed by atoms with Crippen molar-refractivity contribution in [2.75, 3.05) is 20.0 Å². The highest BCUT2D eigenvalue weighted by molar-refractivity contribution is 7.99. The summed E-state index contributed by atoms with van der Waals surface area (Å²) in [5, 5.41) is 0. The van der Waals surface area contributed by atoms with Crippen molar-refractivity contribution in [2.45, 2.75) is 5.75 Å². The normalized spacial score (nSPS) is 9.76. The Morgan fingerprint density at radius 1 is 1.35 bits per heavy atom. The Kier molecular flexibility index (Phi) is 5.48. The van der Waals surface area contributed by atoms with Crippen LogP contribution in [0.3, 0.4) is 0 Å². The van der Waals surface area contributed by atoms with Crippen LogP contribution in [-0.2, 0) is 20.0 Å². The van der Waals surface area contributed by atoms with E-state index in [2.05, 4.69) is 14.5 Å². The van der Waals surface area contributed by atoms with Crippen LogP contribution in [0.25, 0.3) is 0 Å². The summed E-state index contributed by atoms with van der Waals surface area (Å²) in [6.45, 7) is 0. The van der Waals surface area contributed by atoms with Crippen LogP contribution in [-0.4, -0.2) is 36.9 Å². The fraction of sp³-hybridized carbons (Fsp3) is 0.364. The number of thioether (sulfide) groups is 1. The largest absolute Gasteiger partial charge is 0.468 e. The summed E-state index contributed by atoms with van der Waals surface area (Å²) in [6.07, 6.45) is 1.60. The maximum atomic E-state index is 11.4. The third-order valence-corrected chi connectivity index (χ3v) is 2.90. The maximum absolute atomic E-state index is 11.4. The molecule has 0 unspecified atom stereocenters. The lowest BCUT2D eigenvalue weighted by molar-refractivity contribution is -0.137. The molecule has 1 aromatic rings. The summed E-state index contributed by atoms with van der Waals surface area (Å²) < 4.78 is 9.16. The molecule has 0 spiro atoms. The van der Waals surface area contributed by atoms with E-state index in [9.17, 15) is 9.59 Å². The van der Waals surface area contributed by atoms with E-state index in [1.807, 2.05) is 0 Å². The first-order valence-corrected chi connectivity index (χ1v) is 6.01. The van der Waals surface area contributed by atoms with Gasteiger partial charge >= 0.3 is 11.9 Å². The van der Waals surface area contributed by atoms with Gasteiger partial charge in [-0.05, 0) is 12.1 Å². The molecule has 0 aromatic carbocycles. The molecule has 6 heteroatoms. The minimum absolute atomic E-state index is 0.230. The Balaban J connectivity index is 2.64. The number of hydrogen-bond donors (Lipinski definition) is 0. The van der Waals surface area contributed by atoms with Crippen molar-refractivity contribution in [3.63, 3.8) is 0 Å². The smallest absolute Gasteiger partial charge is 0.339 e. The maximum Gasteiger partial charge on any atom is 0.339 e. The van der Waals surface area contributed by atoms with E-state index in [0.29, 0.717) is 17.0 Å². The number of rotatable bonds is 5. The van der Waals surface area contributed by atoms with Gasteiger partial charge in [-0.1, -0.05) is 0 Å². The monoisotopic (exact) mass is 255 g/mol. The zero-order chi connectivity index (χ0) is 12.7. The molecule has 0 fully saturated rings. The first-order valence-electron chi connectivity index (χ1n) is 4.85. The molecule has 17 heavy (non-hydrogen) atoms. The van der Waals surface area contributed by atoms with Crippen LogP contribution in [0.1, 0.15) is 16.1 Å². The van der Waals surface area contributed by atoms with Crippen molar-refractivity contribution >= 4 is 23.7 Å². The molecule has 0 saturated carbocycles. The summed E-state index contributed by atoms with van der Waals surface area (Å²) in [5.41, 5.74) is 1.03. The number of carbonyl (C=O) groups excluding carboxylic acids is 2. The molecule has 1 rings (SSSR count). The number of nitrogens with zero attached hydrogens (tertiary/aromatic N) is 1. The van der Waals surface area contributed by atoms with E-state index in [1.165, 1.54) is 26.0 Å². The molecule has 0 radical (unpaired) electrons. The minimum atomic E-state index is -0.424. The average molecular weight is 255 g/mol. The quantitative estimate of drug-likeness (QED) is 0.738. The van der Waals surface area contributed by atoms with Gasteiger partial charge in [-0.3, -0.25) is 9.78 Å². The Hall–Kier alpha value is -1.56. The highest BCUT2D eigenvalue weighted by atomic mass is 32.2. The average Bonchev–Trinajstić information content (AvgIpc) is 2.38. The molecule has 0 aliphatic carbocycles. The van der Waals surface area contributed by atoms with Crippen molar-refractivity contribution in [1.29, 1.82) is 0 Å². The standard InChI is InChI=1S/C11H13NO4S/c1-15-10(13)7-17-6-9-8(11(14)16-2)4-3-5-12-9/h3-5H,6-7H2,1-2H3. The molecule has 0 aliphatic heterocycles. The summed E-state index contributed by atoms with van der Waals surface area (Å²) in [5.74, 6) is -0.0362. The van der Waals surface area contributed by atoms with Crippen molar-refractivity contribution in [3.8, 4) is 0 Å². The van der Waals surface area contributed by atoms with Crippen LogP contribution in [0.5, 0.6) is 0 Å². The number of aromatic nitrogens is 1. The molecule has 5 nitrogen and oxygen atoms in total. The number of ether oxygens (including phenoxy) is 2. The Morgan fingerprint density at radius 2 is 2.12 bits per heavy atom. The molecular weight excluding hydrogens is 242 g/mol. The van der Waals surface area contributed by atoms with Crippen LogP contribution >= 0.6 is 11.8 Å². The molecule has 1 heterocycles. The van der Waals surface area contributed by atoms with Gasteiger partial charge in [-0.15, -0.1) is 11.8 Å². The first-order chi connectivity index (χ1) is 8.19. The third kappa shape index (κ3) is 4.07.